The largest absolute Gasteiger partial charge is 0.369 e. The Labute approximate surface area is 114 Å². The molecule has 0 aromatic rings. The predicted octanol–water partition coefficient (Wildman–Crippen LogP) is 0.474. The summed E-state index contributed by atoms with van der Waals surface area (Å²) in [4.78, 5) is 25.6. The highest BCUT2D eigenvalue weighted by atomic mass is 16.2. The minimum Gasteiger partial charge on any atom is -0.369 e. The second-order valence-corrected chi connectivity index (χ2v) is 6.16. The molecule has 1 aliphatic carbocycles. The minimum absolute atomic E-state index is 0.0544. The molecule has 108 valence electrons. The number of carbonyl (C=O) groups is 2. The van der Waals surface area contributed by atoms with Gasteiger partial charge in [0.25, 0.3) is 0 Å². The van der Waals surface area contributed by atoms with Crippen molar-refractivity contribution in [1.29, 1.82) is 0 Å². The maximum atomic E-state index is 12.5. The molecule has 0 bridgehead atoms. The van der Waals surface area contributed by atoms with Gasteiger partial charge in [-0.15, -0.1) is 0 Å². The molecule has 0 spiro atoms. The first kappa shape index (κ1) is 14.3. The van der Waals surface area contributed by atoms with Crippen LogP contribution >= 0.6 is 0 Å². The van der Waals surface area contributed by atoms with E-state index in [1.54, 1.807) is 0 Å². The summed E-state index contributed by atoms with van der Waals surface area (Å²) in [7, 11) is 0. The highest BCUT2D eigenvalue weighted by Gasteiger charge is 2.35. The lowest BCUT2D eigenvalue weighted by Gasteiger charge is -2.37. The lowest BCUT2D eigenvalue weighted by molar-refractivity contribution is -0.141. The molecule has 3 atom stereocenters. The van der Waals surface area contributed by atoms with Crippen molar-refractivity contribution in [2.75, 3.05) is 13.1 Å². The molecule has 2 aliphatic rings. The zero-order valence-electron chi connectivity index (χ0n) is 11.7. The van der Waals surface area contributed by atoms with Crippen LogP contribution in [-0.2, 0) is 9.59 Å². The van der Waals surface area contributed by atoms with E-state index < -0.39 is 0 Å². The van der Waals surface area contributed by atoms with Gasteiger partial charge in [-0.1, -0.05) is 6.92 Å². The van der Waals surface area contributed by atoms with Crippen LogP contribution in [0.2, 0.25) is 0 Å². The number of likely N-dealkylation sites (tertiary alicyclic amines) is 1. The van der Waals surface area contributed by atoms with Crippen LogP contribution in [0.4, 0.5) is 0 Å². The smallest absolute Gasteiger partial charge is 0.225 e. The predicted molar refractivity (Wildman–Crippen MR) is 73.0 cm³/mol. The van der Waals surface area contributed by atoms with Crippen molar-refractivity contribution in [1.82, 2.24) is 4.90 Å². The fourth-order valence-electron chi connectivity index (χ4n) is 3.42. The zero-order chi connectivity index (χ0) is 14.0. The SMILES string of the molecule is CC1CC(N)CCC1C(=O)N1CCC(C(N)=O)CC1. The first-order valence-corrected chi connectivity index (χ1v) is 7.32. The molecule has 2 fully saturated rings. The Hall–Kier alpha value is -1.10. The summed E-state index contributed by atoms with van der Waals surface area (Å²) in [6.45, 7) is 3.46. The van der Waals surface area contributed by atoms with E-state index >= 15 is 0 Å². The van der Waals surface area contributed by atoms with Gasteiger partial charge in [0.2, 0.25) is 11.8 Å². The molecule has 19 heavy (non-hydrogen) atoms. The topological polar surface area (TPSA) is 89.4 Å². The van der Waals surface area contributed by atoms with Crippen LogP contribution in [0.3, 0.4) is 0 Å². The van der Waals surface area contributed by atoms with E-state index in [-0.39, 0.29) is 29.7 Å². The van der Waals surface area contributed by atoms with Crippen LogP contribution in [0.15, 0.2) is 0 Å². The molecule has 5 heteroatoms. The van der Waals surface area contributed by atoms with Gasteiger partial charge in [-0.05, 0) is 38.0 Å². The summed E-state index contributed by atoms with van der Waals surface area (Å²) in [6.07, 6.45) is 4.20. The highest BCUT2D eigenvalue weighted by molar-refractivity contribution is 5.80. The van der Waals surface area contributed by atoms with Crippen LogP contribution < -0.4 is 11.5 Å². The van der Waals surface area contributed by atoms with E-state index in [2.05, 4.69) is 6.92 Å². The van der Waals surface area contributed by atoms with Gasteiger partial charge in [0, 0.05) is 31.0 Å². The van der Waals surface area contributed by atoms with E-state index in [4.69, 9.17) is 11.5 Å². The molecular weight excluding hydrogens is 242 g/mol. The number of hydrogen-bond donors (Lipinski definition) is 2. The Bertz CT molecular complexity index is 351. The number of nitrogens with zero attached hydrogens (tertiary/aromatic N) is 1. The highest BCUT2D eigenvalue weighted by Crippen LogP contribution is 2.31. The van der Waals surface area contributed by atoms with Gasteiger partial charge in [-0.2, -0.15) is 0 Å². The number of nitrogens with two attached hydrogens (primary N) is 2. The average molecular weight is 267 g/mol. The van der Waals surface area contributed by atoms with E-state index in [9.17, 15) is 9.59 Å². The van der Waals surface area contributed by atoms with Crippen LogP contribution in [-0.4, -0.2) is 35.8 Å². The number of rotatable bonds is 2. The quantitative estimate of drug-likeness (QED) is 0.762. The third-order valence-corrected chi connectivity index (χ3v) is 4.74. The third kappa shape index (κ3) is 3.26. The van der Waals surface area contributed by atoms with Gasteiger partial charge >= 0.3 is 0 Å². The number of amides is 2. The Kier molecular flexibility index (Phi) is 4.45. The monoisotopic (exact) mass is 267 g/mol. The van der Waals surface area contributed by atoms with E-state index in [0.717, 1.165) is 19.3 Å². The maximum Gasteiger partial charge on any atom is 0.225 e. The van der Waals surface area contributed by atoms with Crippen molar-refractivity contribution in [2.24, 2.45) is 29.2 Å². The second-order valence-electron chi connectivity index (χ2n) is 6.16. The molecule has 1 saturated heterocycles. The van der Waals surface area contributed by atoms with E-state index in [0.29, 0.717) is 31.8 Å². The van der Waals surface area contributed by atoms with E-state index in [1.165, 1.54) is 0 Å². The number of hydrogen-bond acceptors (Lipinski definition) is 3. The molecule has 0 aromatic carbocycles. The minimum atomic E-state index is -0.232. The van der Waals surface area contributed by atoms with Crippen LogP contribution in [0.5, 0.6) is 0 Å². The van der Waals surface area contributed by atoms with Gasteiger partial charge in [0.15, 0.2) is 0 Å². The van der Waals surface area contributed by atoms with Crippen molar-refractivity contribution in [2.45, 2.75) is 45.1 Å². The molecule has 3 unspecified atom stereocenters. The molecular formula is C14H25N3O2. The molecule has 1 aliphatic heterocycles. The van der Waals surface area contributed by atoms with Crippen molar-refractivity contribution < 1.29 is 9.59 Å². The summed E-state index contributed by atoms with van der Waals surface area (Å²) in [6, 6.07) is 0.250. The Morgan fingerprint density at radius 3 is 2.26 bits per heavy atom. The van der Waals surface area contributed by atoms with Crippen LogP contribution in [0.25, 0.3) is 0 Å². The molecule has 2 amide bonds. The van der Waals surface area contributed by atoms with Crippen molar-refractivity contribution in [3.05, 3.63) is 0 Å². The summed E-state index contributed by atoms with van der Waals surface area (Å²) in [5, 5.41) is 0. The number of piperidine rings is 1. The summed E-state index contributed by atoms with van der Waals surface area (Å²) in [5.74, 6) is 0.447. The van der Waals surface area contributed by atoms with E-state index in [1.807, 2.05) is 4.90 Å². The zero-order valence-corrected chi connectivity index (χ0v) is 11.7. The average Bonchev–Trinajstić information content (AvgIpc) is 2.38. The third-order valence-electron chi connectivity index (χ3n) is 4.74. The van der Waals surface area contributed by atoms with Crippen LogP contribution in [0, 0.1) is 17.8 Å². The van der Waals surface area contributed by atoms with Crippen molar-refractivity contribution in [3.8, 4) is 0 Å². The normalized spacial score (nSPS) is 33.2. The molecule has 2 rings (SSSR count). The van der Waals surface area contributed by atoms with Crippen LogP contribution in [0.1, 0.15) is 39.0 Å². The lowest BCUT2D eigenvalue weighted by Crippen LogP contribution is -2.47. The fourth-order valence-corrected chi connectivity index (χ4v) is 3.42. The summed E-state index contributed by atoms with van der Waals surface area (Å²) >= 11 is 0. The standard InChI is InChI=1S/C14H25N3O2/c1-9-8-11(15)2-3-12(9)14(19)17-6-4-10(5-7-17)13(16)18/h9-12H,2-8,15H2,1H3,(H2,16,18). The summed E-state index contributed by atoms with van der Waals surface area (Å²) < 4.78 is 0. The molecule has 0 aromatic heterocycles. The Morgan fingerprint density at radius 2 is 1.74 bits per heavy atom. The van der Waals surface area contributed by atoms with Crippen molar-refractivity contribution >= 4 is 11.8 Å². The Morgan fingerprint density at radius 1 is 1.11 bits per heavy atom. The van der Waals surface area contributed by atoms with Gasteiger partial charge in [0.1, 0.15) is 0 Å². The first-order chi connectivity index (χ1) is 8.99. The molecule has 1 heterocycles. The molecule has 4 N–H and O–H groups in total. The van der Waals surface area contributed by atoms with Gasteiger partial charge in [0.05, 0.1) is 0 Å². The van der Waals surface area contributed by atoms with Crippen molar-refractivity contribution in [3.63, 3.8) is 0 Å². The number of carbonyl (C=O) groups excluding carboxylic acids is 2. The maximum absolute atomic E-state index is 12.5. The van der Waals surface area contributed by atoms with Gasteiger partial charge in [-0.25, -0.2) is 0 Å². The summed E-state index contributed by atoms with van der Waals surface area (Å²) in [5.41, 5.74) is 11.3. The number of primary amides is 1. The Balaban J connectivity index is 1.89. The molecule has 1 saturated carbocycles. The molecule has 5 nitrogen and oxygen atoms in total. The van der Waals surface area contributed by atoms with Gasteiger partial charge < -0.3 is 16.4 Å². The fraction of sp³-hybridized carbons (Fsp3) is 0.857. The molecule has 0 radical (unpaired) electrons. The lowest BCUT2D eigenvalue weighted by atomic mass is 9.77. The van der Waals surface area contributed by atoms with Gasteiger partial charge in [-0.3, -0.25) is 9.59 Å². The first-order valence-electron chi connectivity index (χ1n) is 7.32. The second kappa shape index (κ2) is 5.90.